The number of ether oxygens (including phenoxy) is 2. The normalized spacial score (nSPS) is 43.3. The Balaban J connectivity index is 2.14. The van der Waals surface area contributed by atoms with E-state index >= 15 is 0 Å². The van der Waals surface area contributed by atoms with Crippen LogP contribution in [0, 0.1) is 0 Å². The second-order valence-electron chi connectivity index (χ2n) is 4.15. The molecule has 3 atom stereocenters. The number of hydrogen-bond donors (Lipinski definition) is 1. The van der Waals surface area contributed by atoms with Crippen molar-refractivity contribution in [1.29, 1.82) is 0 Å². The van der Waals surface area contributed by atoms with Crippen LogP contribution in [-0.4, -0.2) is 35.0 Å². The third kappa shape index (κ3) is 1.61. The van der Waals surface area contributed by atoms with E-state index < -0.39 is 18.0 Å². The Morgan fingerprint density at radius 2 is 2.15 bits per heavy atom. The van der Waals surface area contributed by atoms with Gasteiger partial charge in [0.25, 0.3) is 0 Å². The highest BCUT2D eigenvalue weighted by Crippen LogP contribution is 2.34. The Bertz CT molecular complexity index is 236. The zero-order valence-electron chi connectivity index (χ0n) is 7.82. The molecule has 1 heterocycles. The highest BCUT2D eigenvalue weighted by Gasteiger charge is 2.48. The lowest BCUT2D eigenvalue weighted by Crippen LogP contribution is -2.41. The molecule has 0 spiro atoms. The van der Waals surface area contributed by atoms with E-state index in [0.29, 0.717) is 6.42 Å². The van der Waals surface area contributed by atoms with Gasteiger partial charge in [-0.2, -0.15) is 0 Å². The van der Waals surface area contributed by atoms with Gasteiger partial charge < -0.3 is 14.6 Å². The van der Waals surface area contributed by atoms with Gasteiger partial charge in [-0.25, -0.2) is 0 Å². The minimum atomic E-state index is -0.685. The number of ketones is 1. The molecule has 2 aliphatic rings. The van der Waals surface area contributed by atoms with Crippen LogP contribution in [0.3, 0.4) is 0 Å². The Morgan fingerprint density at radius 3 is 2.85 bits per heavy atom. The van der Waals surface area contributed by atoms with E-state index in [1.54, 1.807) is 13.8 Å². The Kier molecular flexibility index (Phi) is 1.94. The summed E-state index contributed by atoms with van der Waals surface area (Å²) in [6, 6.07) is 0. The van der Waals surface area contributed by atoms with Gasteiger partial charge in [-0.15, -0.1) is 0 Å². The fourth-order valence-corrected chi connectivity index (χ4v) is 1.98. The van der Waals surface area contributed by atoms with E-state index in [0.717, 1.165) is 0 Å². The van der Waals surface area contributed by atoms with Crippen LogP contribution in [-0.2, 0) is 14.3 Å². The highest BCUT2D eigenvalue weighted by atomic mass is 16.8. The molecule has 4 heteroatoms. The molecule has 0 aromatic carbocycles. The average molecular weight is 186 g/mol. The number of Topliss-reactive ketones (excluding diaryl/α,β-unsaturated/α-hetero) is 1. The predicted molar refractivity (Wildman–Crippen MR) is 44.1 cm³/mol. The maximum absolute atomic E-state index is 11.4. The predicted octanol–water partition coefficient (Wildman–Crippen LogP) is 0.230. The molecule has 1 aliphatic carbocycles. The van der Waals surface area contributed by atoms with Crippen LogP contribution in [0.25, 0.3) is 0 Å². The van der Waals surface area contributed by atoms with Crippen LogP contribution < -0.4 is 0 Å². The summed E-state index contributed by atoms with van der Waals surface area (Å²) in [6.45, 7) is 3.57. The van der Waals surface area contributed by atoms with Gasteiger partial charge in [0.15, 0.2) is 11.6 Å². The fourth-order valence-electron chi connectivity index (χ4n) is 1.98. The lowest BCUT2D eigenvalue weighted by molar-refractivity contribution is -0.153. The minimum absolute atomic E-state index is 0.0469. The summed E-state index contributed by atoms with van der Waals surface area (Å²) in [5.74, 6) is -0.732. The molecule has 0 amide bonds. The first-order valence-electron chi connectivity index (χ1n) is 4.54. The van der Waals surface area contributed by atoms with Crippen molar-refractivity contribution < 1.29 is 19.4 Å². The van der Waals surface area contributed by atoms with Crippen LogP contribution >= 0.6 is 0 Å². The molecule has 0 aromatic heterocycles. The topological polar surface area (TPSA) is 55.8 Å². The van der Waals surface area contributed by atoms with Crippen LogP contribution in [0.2, 0.25) is 0 Å². The summed E-state index contributed by atoms with van der Waals surface area (Å²) in [6.07, 6.45) is -0.587. The van der Waals surface area contributed by atoms with Crippen LogP contribution in [0.5, 0.6) is 0 Å². The number of hydrogen-bond acceptors (Lipinski definition) is 4. The molecule has 3 unspecified atom stereocenters. The minimum Gasteiger partial charge on any atom is -0.393 e. The number of carbonyl (C=O) groups is 1. The summed E-state index contributed by atoms with van der Waals surface area (Å²) in [5.41, 5.74) is 0. The van der Waals surface area contributed by atoms with Gasteiger partial charge in [0, 0.05) is 12.8 Å². The number of aliphatic hydroxyl groups is 1. The summed E-state index contributed by atoms with van der Waals surface area (Å²) in [4.78, 5) is 11.4. The zero-order valence-corrected chi connectivity index (χ0v) is 7.82. The van der Waals surface area contributed by atoms with Gasteiger partial charge in [0.2, 0.25) is 0 Å². The first-order valence-corrected chi connectivity index (χ1v) is 4.54. The standard InChI is InChI=1S/C9H14O4/c1-9(2)12-7-4-5(10)3-6(11)8(7)13-9/h5,7-8,10H,3-4H2,1-2H3. The highest BCUT2D eigenvalue weighted by molar-refractivity contribution is 5.85. The molecule has 4 nitrogen and oxygen atoms in total. The molecule has 1 aliphatic heterocycles. The largest absolute Gasteiger partial charge is 0.393 e. The maximum Gasteiger partial charge on any atom is 0.166 e. The van der Waals surface area contributed by atoms with Gasteiger partial charge in [0.05, 0.1) is 12.2 Å². The second kappa shape index (κ2) is 2.77. The van der Waals surface area contributed by atoms with Crippen molar-refractivity contribution in [3.05, 3.63) is 0 Å². The van der Waals surface area contributed by atoms with Crippen molar-refractivity contribution in [2.75, 3.05) is 0 Å². The summed E-state index contributed by atoms with van der Waals surface area (Å²) in [5, 5.41) is 9.34. The molecule has 0 bridgehead atoms. The quantitative estimate of drug-likeness (QED) is 0.588. The maximum atomic E-state index is 11.4. The molecule has 0 aromatic rings. The third-order valence-electron chi connectivity index (χ3n) is 2.44. The van der Waals surface area contributed by atoms with E-state index in [1.807, 2.05) is 0 Å². The lowest BCUT2D eigenvalue weighted by atomic mass is 9.91. The number of fused-ring (bicyclic) bond motifs is 1. The Morgan fingerprint density at radius 1 is 1.46 bits per heavy atom. The van der Waals surface area contributed by atoms with E-state index in [1.165, 1.54) is 0 Å². The van der Waals surface area contributed by atoms with Gasteiger partial charge in [-0.05, 0) is 13.8 Å². The fraction of sp³-hybridized carbons (Fsp3) is 0.889. The van der Waals surface area contributed by atoms with E-state index in [-0.39, 0.29) is 18.3 Å². The molecule has 0 radical (unpaired) electrons. The summed E-state index contributed by atoms with van der Waals surface area (Å²) in [7, 11) is 0. The van der Waals surface area contributed by atoms with Crippen molar-refractivity contribution in [2.45, 2.75) is 50.8 Å². The van der Waals surface area contributed by atoms with Crippen molar-refractivity contribution in [2.24, 2.45) is 0 Å². The Hall–Kier alpha value is -0.450. The molecular weight excluding hydrogens is 172 g/mol. The van der Waals surface area contributed by atoms with E-state index in [9.17, 15) is 9.90 Å². The smallest absolute Gasteiger partial charge is 0.166 e. The number of aliphatic hydroxyl groups excluding tert-OH is 1. The van der Waals surface area contributed by atoms with Crippen molar-refractivity contribution in [1.82, 2.24) is 0 Å². The van der Waals surface area contributed by atoms with Crippen molar-refractivity contribution in [3.63, 3.8) is 0 Å². The molecule has 1 N–H and O–H groups in total. The molecule has 2 rings (SSSR count). The lowest BCUT2D eigenvalue weighted by Gasteiger charge is -2.24. The van der Waals surface area contributed by atoms with Crippen molar-refractivity contribution >= 4 is 5.78 Å². The molecule has 13 heavy (non-hydrogen) atoms. The number of carbonyl (C=O) groups excluding carboxylic acids is 1. The van der Waals surface area contributed by atoms with Crippen LogP contribution in [0.1, 0.15) is 26.7 Å². The first-order chi connectivity index (χ1) is 5.98. The van der Waals surface area contributed by atoms with Gasteiger partial charge in [-0.1, -0.05) is 0 Å². The van der Waals surface area contributed by atoms with Gasteiger partial charge >= 0.3 is 0 Å². The Labute approximate surface area is 76.8 Å². The molecule has 74 valence electrons. The summed E-state index contributed by atoms with van der Waals surface area (Å²) < 4.78 is 10.9. The average Bonchev–Trinajstić information content (AvgIpc) is 2.23. The molecule has 1 saturated heterocycles. The summed E-state index contributed by atoms with van der Waals surface area (Å²) >= 11 is 0. The SMILES string of the molecule is CC1(C)OC2CC(O)CC(=O)C2O1. The third-order valence-corrected chi connectivity index (χ3v) is 2.44. The molecule has 2 fully saturated rings. The molecular formula is C9H14O4. The second-order valence-corrected chi connectivity index (χ2v) is 4.15. The van der Waals surface area contributed by atoms with Crippen LogP contribution in [0.15, 0.2) is 0 Å². The molecule has 1 saturated carbocycles. The monoisotopic (exact) mass is 186 g/mol. The van der Waals surface area contributed by atoms with Gasteiger partial charge in [-0.3, -0.25) is 4.79 Å². The van der Waals surface area contributed by atoms with Crippen LogP contribution in [0.4, 0.5) is 0 Å². The van der Waals surface area contributed by atoms with E-state index in [4.69, 9.17) is 9.47 Å². The zero-order chi connectivity index (χ0) is 9.64. The number of rotatable bonds is 0. The van der Waals surface area contributed by atoms with E-state index in [2.05, 4.69) is 0 Å². The first kappa shape index (κ1) is 9.12. The van der Waals surface area contributed by atoms with Gasteiger partial charge in [0.1, 0.15) is 6.10 Å². The van der Waals surface area contributed by atoms with Crippen molar-refractivity contribution in [3.8, 4) is 0 Å².